The van der Waals surface area contributed by atoms with Crippen molar-refractivity contribution in [2.75, 3.05) is 0 Å². The second-order valence-corrected chi connectivity index (χ2v) is 9.84. The van der Waals surface area contributed by atoms with Crippen LogP contribution in [-0.2, 0) is 0 Å². The van der Waals surface area contributed by atoms with Gasteiger partial charge in [0.05, 0.1) is 11.0 Å². The normalized spacial score (nSPS) is 11.8. The van der Waals surface area contributed by atoms with Crippen LogP contribution >= 0.6 is 22.9 Å². The molecule has 0 aliphatic carbocycles. The van der Waals surface area contributed by atoms with Gasteiger partial charge in [-0.25, -0.2) is 0 Å². The fourth-order valence-electron chi connectivity index (χ4n) is 4.97. The average Bonchev–Trinajstić information content (AvgIpc) is 3.40. The van der Waals surface area contributed by atoms with Crippen molar-refractivity contribution in [1.29, 1.82) is 0 Å². The highest BCUT2D eigenvalue weighted by Gasteiger charge is 2.14. The third kappa shape index (κ3) is 2.85. The van der Waals surface area contributed by atoms with Crippen molar-refractivity contribution in [2.24, 2.45) is 0 Å². The van der Waals surface area contributed by atoms with E-state index in [0.717, 1.165) is 10.4 Å². The van der Waals surface area contributed by atoms with Crippen LogP contribution in [0.4, 0.5) is 0 Å². The van der Waals surface area contributed by atoms with E-state index in [0.29, 0.717) is 0 Å². The highest BCUT2D eigenvalue weighted by atomic mass is 35.5. The van der Waals surface area contributed by atoms with E-state index >= 15 is 0 Å². The fourth-order valence-corrected chi connectivity index (χ4v) is 6.41. The van der Waals surface area contributed by atoms with Crippen molar-refractivity contribution >= 4 is 64.9 Å². The molecule has 33 heavy (non-hydrogen) atoms. The summed E-state index contributed by atoms with van der Waals surface area (Å²) in [7, 11) is 0. The molecule has 0 aliphatic rings. The first-order chi connectivity index (χ1) is 16.3. The van der Waals surface area contributed by atoms with Gasteiger partial charge < -0.3 is 4.57 Å². The van der Waals surface area contributed by atoms with E-state index < -0.39 is 0 Å². The molecule has 5 aromatic carbocycles. The topological polar surface area (TPSA) is 4.93 Å². The first-order valence-corrected chi connectivity index (χ1v) is 12.2. The molecule has 0 fully saturated rings. The zero-order valence-corrected chi connectivity index (χ0v) is 19.2. The van der Waals surface area contributed by atoms with Gasteiger partial charge in [0.15, 0.2) is 0 Å². The van der Waals surface area contributed by atoms with Crippen LogP contribution in [0.2, 0.25) is 5.02 Å². The Labute approximate surface area is 200 Å². The zero-order chi connectivity index (χ0) is 21.9. The maximum absolute atomic E-state index is 6.59. The van der Waals surface area contributed by atoms with Crippen LogP contribution in [0, 0.1) is 0 Å². The average molecular weight is 460 g/mol. The quantitative estimate of drug-likeness (QED) is 0.242. The first-order valence-electron chi connectivity index (χ1n) is 11.0. The van der Waals surface area contributed by atoms with Crippen LogP contribution in [0.15, 0.2) is 109 Å². The lowest BCUT2D eigenvalue weighted by molar-refractivity contribution is 1.18. The van der Waals surface area contributed by atoms with Crippen molar-refractivity contribution in [3.05, 3.63) is 114 Å². The summed E-state index contributed by atoms with van der Waals surface area (Å²) in [6.45, 7) is 0. The lowest BCUT2D eigenvalue weighted by Gasteiger charge is -2.09. The van der Waals surface area contributed by atoms with E-state index in [4.69, 9.17) is 11.6 Å². The lowest BCUT2D eigenvalue weighted by Crippen LogP contribution is -1.93. The lowest BCUT2D eigenvalue weighted by atomic mass is 10.0. The van der Waals surface area contributed by atoms with Gasteiger partial charge in [-0.1, -0.05) is 72.3 Å². The van der Waals surface area contributed by atoms with Crippen LogP contribution in [0.5, 0.6) is 0 Å². The number of hydrogen-bond donors (Lipinski definition) is 0. The van der Waals surface area contributed by atoms with Gasteiger partial charge in [0, 0.05) is 41.7 Å². The summed E-state index contributed by atoms with van der Waals surface area (Å²) in [4.78, 5) is 0. The maximum atomic E-state index is 6.59. The van der Waals surface area contributed by atoms with Crippen LogP contribution in [0.25, 0.3) is 58.8 Å². The molecular weight excluding hydrogens is 442 g/mol. The van der Waals surface area contributed by atoms with Gasteiger partial charge >= 0.3 is 0 Å². The molecule has 0 saturated heterocycles. The molecule has 2 aromatic heterocycles. The molecule has 1 nitrogen and oxygen atoms in total. The minimum Gasteiger partial charge on any atom is -0.309 e. The second-order valence-electron chi connectivity index (χ2n) is 8.35. The predicted octanol–water partition coefficient (Wildman–Crippen LogP) is 9.47. The van der Waals surface area contributed by atoms with Crippen LogP contribution in [0.3, 0.4) is 0 Å². The molecule has 0 atom stereocenters. The fraction of sp³-hybridized carbons (Fsp3) is 0. The smallest absolute Gasteiger partial charge is 0.0547 e. The van der Waals surface area contributed by atoms with Crippen molar-refractivity contribution in [3.63, 3.8) is 0 Å². The van der Waals surface area contributed by atoms with Gasteiger partial charge in [-0.3, -0.25) is 0 Å². The summed E-state index contributed by atoms with van der Waals surface area (Å²) in [5.74, 6) is 0. The molecule has 7 aromatic rings. The predicted molar refractivity (Wildman–Crippen MR) is 144 cm³/mol. The summed E-state index contributed by atoms with van der Waals surface area (Å²) in [6.07, 6.45) is 0. The van der Waals surface area contributed by atoms with Gasteiger partial charge in [0.25, 0.3) is 0 Å². The highest BCUT2D eigenvalue weighted by molar-refractivity contribution is 7.26. The minimum absolute atomic E-state index is 0.815. The maximum Gasteiger partial charge on any atom is 0.0547 e. The Kier molecular flexibility index (Phi) is 4.14. The van der Waals surface area contributed by atoms with Crippen LogP contribution in [0.1, 0.15) is 0 Å². The van der Waals surface area contributed by atoms with E-state index in [1.165, 1.54) is 53.4 Å². The van der Waals surface area contributed by atoms with Crippen molar-refractivity contribution in [3.8, 4) is 16.8 Å². The molecule has 0 aliphatic heterocycles. The summed E-state index contributed by atoms with van der Waals surface area (Å²) in [5.41, 5.74) is 6.02. The summed E-state index contributed by atoms with van der Waals surface area (Å²) >= 11 is 8.39. The number of benzene rings is 5. The molecule has 0 unspecified atom stereocenters. The monoisotopic (exact) mass is 459 g/mol. The molecule has 0 spiro atoms. The van der Waals surface area contributed by atoms with Crippen LogP contribution in [-0.4, -0.2) is 4.57 Å². The molecule has 0 amide bonds. The van der Waals surface area contributed by atoms with Crippen molar-refractivity contribution < 1.29 is 0 Å². The van der Waals surface area contributed by atoms with Gasteiger partial charge in [0.1, 0.15) is 0 Å². The van der Waals surface area contributed by atoms with Gasteiger partial charge in [-0.2, -0.15) is 0 Å². The molecule has 7 rings (SSSR count). The zero-order valence-electron chi connectivity index (χ0n) is 17.6. The number of rotatable bonds is 2. The Balaban J connectivity index is 1.51. The Morgan fingerprint density at radius 3 is 2.21 bits per heavy atom. The molecule has 0 saturated carbocycles. The van der Waals surface area contributed by atoms with E-state index in [2.05, 4.69) is 102 Å². The largest absolute Gasteiger partial charge is 0.309 e. The number of nitrogens with zero attached hydrogens (tertiary/aromatic N) is 1. The Morgan fingerprint density at radius 1 is 0.545 bits per heavy atom. The molecule has 2 heterocycles. The van der Waals surface area contributed by atoms with Gasteiger partial charge in [-0.05, 0) is 59.7 Å². The summed E-state index contributed by atoms with van der Waals surface area (Å²) < 4.78 is 4.86. The molecule has 0 N–H and O–H groups in total. The van der Waals surface area contributed by atoms with Crippen molar-refractivity contribution in [2.45, 2.75) is 0 Å². The summed E-state index contributed by atoms with van der Waals surface area (Å²) in [6, 6.07) is 38.9. The minimum atomic E-state index is 0.815. The second kappa shape index (κ2) is 7.21. The highest BCUT2D eigenvalue weighted by Crippen LogP contribution is 2.40. The van der Waals surface area contributed by atoms with E-state index in [1.54, 1.807) is 11.3 Å². The SMILES string of the molecule is Clc1cccc2sc3ccc(-c4ccc5c6ccccc6n(-c6ccccc6)c5c4)cc3c12. The summed E-state index contributed by atoms with van der Waals surface area (Å²) in [5, 5.41) is 5.73. The molecular formula is C30H18ClNS. The molecule has 0 radical (unpaired) electrons. The standard InChI is InChI=1S/C30H18ClNS/c31-25-10-6-12-29-30(25)24-17-19(14-16-28(24)33-29)20-13-15-23-22-9-4-5-11-26(22)32(27(23)18-20)21-7-2-1-3-8-21/h1-18H. The molecule has 0 bridgehead atoms. The van der Waals surface area contributed by atoms with Crippen molar-refractivity contribution in [1.82, 2.24) is 4.57 Å². The third-order valence-electron chi connectivity index (χ3n) is 6.47. The number of halogens is 1. The third-order valence-corrected chi connectivity index (χ3v) is 7.92. The van der Waals surface area contributed by atoms with Crippen LogP contribution < -0.4 is 0 Å². The Morgan fingerprint density at radius 2 is 1.30 bits per heavy atom. The number of aromatic nitrogens is 1. The molecule has 3 heteroatoms. The first kappa shape index (κ1) is 18.9. The Bertz CT molecular complexity index is 1830. The van der Waals surface area contributed by atoms with E-state index in [9.17, 15) is 0 Å². The number of hydrogen-bond acceptors (Lipinski definition) is 1. The number of fused-ring (bicyclic) bond motifs is 6. The molecule has 156 valence electrons. The van der Waals surface area contributed by atoms with E-state index in [-0.39, 0.29) is 0 Å². The number of thiophene rings is 1. The van der Waals surface area contributed by atoms with Gasteiger partial charge in [-0.15, -0.1) is 11.3 Å². The van der Waals surface area contributed by atoms with E-state index in [1.807, 2.05) is 12.1 Å². The van der Waals surface area contributed by atoms with Gasteiger partial charge in [0.2, 0.25) is 0 Å². The Hall–Kier alpha value is -3.59. The number of para-hydroxylation sites is 2.